The molecule has 0 aromatic heterocycles. The van der Waals surface area contributed by atoms with Crippen LogP contribution in [0.4, 0.5) is 8.78 Å². The summed E-state index contributed by atoms with van der Waals surface area (Å²) in [5.41, 5.74) is 0.643. The van der Waals surface area contributed by atoms with E-state index in [0.717, 1.165) is 0 Å². The van der Waals surface area contributed by atoms with Gasteiger partial charge in [-0.15, -0.1) is 8.78 Å². The van der Waals surface area contributed by atoms with E-state index in [-0.39, 0.29) is 24.2 Å². The van der Waals surface area contributed by atoms with Crippen LogP contribution in [0.25, 0.3) is 0 Å². The van der Waals surface area contributed by atoms with E-state index >= 15 is 0 Å². The van der Waals surface area contributed by atoms with Gasteiger partial charge in [0.2, 0.25) is 0 Å². The van der Waals surface area contributed by atoms with Crippen LogP contribution in [0.15, 0.2) is 18.2 Å². The molecule has 1 saturated heterocycles. The number of hydrogen-bond acceptors (Lipinski definition) is 5. The molecule has 1 aromatic rings. The van der Waals surface area contributed by atoms with Crippen molar-refractivity contribution in [3.63, 3.8) is 0 Å². The van der Waals surface area contributed by atoms with Crippen LogP contribution in [0.5, 0.6) is 11.5 Å². The molecule has 0 aliphatic carbocycles. The second-order valence-corrected chi connectivity index (χ2v) is 5.59. The SMILES string of the molecule is O=C(O)COC1CCN(Cc2cccc3c2OC(F)(F)O3)CC1. The quantitative estimate of drug-likeness (QED) is 0.892. The number of benzene rings is 1. The first-order valence-corrected chi connectivity index (χ1v) is 7.36. The number of likely N-dealkylation sites (tertiary alicyclic amines) is 1. The van der Waals surface area contributed by atoms with Crippen LogP contribution in [-0.4, -0.2) is 48.1 Å². The maximum absolute atomic E-state index is 13.2. The third-order valence-corrected chi connectivity index (χ3v) is 3.88. The van der Waals surface area contributed by atoms with Gasteiger partial charge in [-0.25, -0.2) is 4.79 Å². The smallest absolute Gasteiger partial charge is 0.480 e. The summed E-state index contributed by atoms with van der Waals surface area (Å²) in [5.74, 6) is -0.848. The van der Waals surface area contributed by atoms with Gasteiger partial charge in [0.1, 0.15) is 6.61 Å². The van der Waals surface area contributed by atoms with E-state index in [1.165, 1.54) is 6.07 Å². The van der Waals surface area contributed by atoms with Crippen molar-refractivity contribution in [3.8, 4) is 11.5 Å². The molecule has 0 bridgehead atoms. The van der Waals surface area contributed by atoms with Crippen LogP contribution in [0.1, 0.15) is 18.4 Å². The number of para-hydroxylation sites is 1. The first kappa shape index (κ1) is 15.9. The van der Waals surface area contributed by atoms with Crippen LogP contribution in [0.2, 0.25) is 0 Å². The molecule has 0 atom stereocenters. The number of fused-ring (bicyclic) bond motifs is 1. The third kappa shape index (κ3) is 3.89. The van der Waals surface area contributed by atoms with Gasteiger partial charge in [-0.3, -0.25) is 4.90 Å². The van der Waals surface area contributed by atoms with Gasteiger partial charge in [0.15, 0.2) is 11.5 Å². The molecule has 8 heteroatoms. The zero-order valence-electron chi connectivity index (χ0n) is 12.3. The van der Waals surface area contributed by atoms with E-state index in [0.29, 0.717) is 38.0 Å². The van der Waals surface area contributed by atoms with E-state index in [9.17, 15) is 13.6 Å². The Morgan fingerprint density at radius 3 is 2.78 bits per heavy atom. The molecule has 3 rings (SSSR count). The molecule has 1 fully saturated rings. The number of hydrogen-bond donors (Lipinski definition) is 1. The highest BCUT2D eigenvalue weighted by molar-refractivity contribution is 5.68. The van der Waals surface area contributed by atoms with Crippen molar-refractivity contribution >= 4 is 5.97 Å². The van der Waals surface area contributed by atoms with Gasteiger partial charge in [-0.05, 0) is 18.9 Å². The number of aliphatic carboxylic acids is 1. The van der Waals surface area contributed by atoms with E-state index < -0.39 is 12.3 Å². The summed E-state index contributed by atoms with van der Waals surface area (Å²) in [7, 11) is 0. The summed E-state index contributed by atoms with van der Waals surface area (Å²) in [6.45, 7) is 1.57. The first-order chi connectivity index (χ1) is 10.9. The Labute approximate surface area is 131 Å². The van der Waals surface area contributed by atoms with Gasteiger partial charge in [0.25, 0.3) is 0 Å². The summed E-state index contributed by atoms with van der Waals surface area (Å²) in [4.78, 5) is 12.6. The molecule has 2 aliphatic rings. The molecule has 0 spiro atoms. The number of carbonyl (C=O) groups is 1. The maximum atomic E-state index is 13.2. The Morgan fingerprint density at radius 1 is 1.35 bits per heavy atom. The van der Waals surface area contributed by atoms with E-state index in [1.54, 1.807) is 12.1 Å². The average Bonchev–Trinajstić information content (AvgIpc) is 2.81. The lowest BCUT2D eigenvalue weighted by molar-refractivity contribution is -0.287. The fourth-order valence-corrected chi connectivity index (χ4v) is 2.81. The van der Waals surface area contributed by atoms with Crippen molar-refractivity contribution in [1.82, 2.24) is 4.90 Å². The van der Waals surface area contributed by atoms with Crippen molar-refractivity contribution < 1.29 is 32.9 Å². The van der Waals surface area contributed by atoms with Gasteiger partial charge in [0.05, 0.1) is 6.10 Å². The zero-order chi connectivity index (χ0) is 16.4. The number of alkyl halides is 2. The number of ether oxygens (including phenoxy) is 3. The maximum Gasteiger partial charge on any atom is 0.586 e. The molecule has 1 aromatic carbocycles. The Kier molecular flexibility index (Phi) is 4.36. The number of halogens is 2. The monoisotopic (exact) mass is 329 g/mol. The number of nitrogens with zero attached hydrogens (tertiary/aromatic N) is 1. The van der Waals surface area contributed by atoms with Crippen molar-refractivity contribution in [2.45, 2.75) is 31.8 Å². The summed E-state index contributed by atoms with van der Waals surface area (Å²) in [6.07, 6.45) is -2.28. The molecule has 0 amide bonds. The Morgan fingerprint density at radius 2 is 2.09 bits per heavy atom. The lowest BCUT2D eigenvalue weighted by atomic mass is 10.1. The highest BCUT2D eigenvalue weighted by Gasteiger charge is 2.44. The van der Waals surface area contributed by atoms with Gasteiger partial charge in [-0.2, -0.15) is 0 Å². The zero-order valence-corrected chi connectivity index (χ0v) is 12.3. The summed E-state index contributed by atoms with van der Waals surface area (Å²) in [5, 5.41) is 8.60. The predicted molar refractivity (Wildman–Crippen MR) is 74.5 cm³/mol. The van der Waals surface area contributed by atoms with Crippen molar-refractivity contribution in [2.24, 2.45) is 0 Å². The average molecular weight is 329 g/mol. The first-order valence-electron chi connectivity index (χ1n) is 7.36. The van der Waals surface area contributed by atoms with E-state index in [4.69, 9.17) is 9.84 Å². The minimum atomic E-state index is -3.61. The molecular weight excluding hydrogens is 312 g/mol. The normalized spacial score (nSPS) is 20.6. The lowest BCUT2D eigenvalue weighted by Crippen LogP contribution is -2.37. The molecular formula is C15H17F2NO5. The minimum Gasteiger partial charge on any atom is -0.480 e. The number of carboxylic acid groups (broad SMARTS) is 1. The predicted octanol–water partition coefficient (Wildman–Crippen LogP) is 2.07. The van der Waals surface area contributed by atoms with E-state index in [1.807, 2.05) is 0 Å². The molecule has 2 heterocycles. The Hall–Kier alpha value is -1.93. The van der Waals surface area contributed by atoms with Crippen molar-refractivity contribution in [3.05, 3.63) is 23.8 Å². The van der Waals surface area contributed by atoms with Crippen molar-refractivity contribution in [2.75, 3.05) is 19.7 Å². The Balaban J connectivity index is 1.56. The highest BCUT2D eigenvalue weighted by Crippen LogP contribution is 2.43. The molecule has 23 heavy (non-hydrogen) atoms. The molecule has 2 aliphatic heterocycles. The molecule has 0 saturated carbocycles. The minimum absolute atomic E-state index is 0.0483. The number of carboxylic acids is 1. The summed E-state index contributed by atoms with van der Waals surface area (Å²) < 4.78 is 40.6. The van der Waals surface area contributed by atoms with Crippen molar-refractivity contribution in [1.29, 1.82) is 0 Å². The number of rotatable bonds is 5. The lowest BCUT2D eigenvalue weighted by Gasteiger charge is -2.31. The second kappa shape index (κ2) is 6.29. The second-order valence-electron chi connectivity index (χ2n) is 5.59. The topological polar surface area (TPSA) is 68.2 Å². The summed E-state index contributed by atoms with van der Waals surface area (Å²) >= 11 is 0. The largest absolute Gasteiger partial charge is 0.586 e. The molecule has 6 nitrogen and oxygen atoms in total. The molecule has 126 valence electrons. The molecule has 0 radical (unpaired) electrons. The van der Waals surface area contributed by atoms with Gasteiger partial charge in [0, 0.05) is 25.2 Å². The van der Waals surface area contributed by atoms with Gasteiger partial charge >= 0.3 is 12.3 Å². The van der Waals surface area contributed by atoms with Crippen LogP contribution >= 0.6 is 0 Å². The van der Waals surface area contributed by atoms with Crippen LogP contribution in [0.3, 0.4) is 0 Å². The van der Waals surface area contributed by atoms with Crippen LogP contribution in [-0.2, 0) is 16.1 Å². The fraction of sp³-hybridized carbons (Fsp3) is 0.533. The standard InChI is InChI=1S/C15H17F2NO5/c16-15(17)22-12-3-1-2-10(14(12)23-15)8-18-6-4-11(5-7-18)21-9-13(19)20/h1-3,11H,4-9H2,(H,19,20). The van der Waals surface area contributed by atoms with Gasteiger partial charge in [-0.1, -0.05) is 12.1 Å². The van der Waals surface area contributed by atoms with Crippen LogP contribution < -0.4 is 9.47 Å². The third-order valence-electron chi connectivity index (χ3n) is 3.88. The Bertz CT molecular complexity index is 587. The van der Waals surface area contributed by atoms with Gasteiger partial charge < -0.3 is 19.3 Å². The number of piperidine rings is 1. The van der Waals surface area contributed by atoms with E-state index in [2.05, 4.69) is 14.4 Å². The van der Waals surface area contributed by atoms with Crippen LogP contribution in [0, 0.1) is 0 Å². The molecule has 0 unspecified atom stereocenters. The highest BCUT2D eigenvalue weighted by atomic mass is 19.3. The fourth-order valence-electron chi connectivity index (χ4n) is 2.81. The summed E-state index contributed by atoms with van der Waals surface area (Å²) in [6, 6.07) is 4.84. The molecule has 1 N–H and O–H groups in total.